The quantitative estimate of drug-likeness (QED) is 0.812. The molecule has 3 unspecified atom stereocenters. The van der Waals surface area contributed by atoms with Crippen molar-refractivity contribution in [3.8, 4) is 0 Å². The zero-order chi connectivity index (χ0) is 13.3. The molecule has 2 saturated heterocycles. The standard InChI is InChI=1S/C14H28N2O2/c1-14(2)6-5-13(18-14)10-16-9-12(17)7-11(16)8-15(3)4/h11-13,17H,5-10H2,1-4H3. The molecule has 18 heavy (non-hydrogen) atoms. The van der Waals surface area contributed by atoms with E-state index < -0.39 is 0 Å². The number of hydrogen-bond acceptors (Lipinski definition) is 4. The smallest absolute Gasteiger partial charge is 0.0710 e. The summed E-state index contributed by atoms with van der Waals surface area (Å²) in [4.78, 5) is 4.62. The molecule has 2 rings (SSSR count). The van der Waals surface area contributed by atoms with Crippen molar-refractivity contribution in [2.24, 2.45) is 0 Å². The summed E-state index contributed by atoms with van der Waals surface area (Å²) in [5.41, 5.74) is 0.0417. The van der Waals surface area contributed by atoms with Gasteiger partial charge in [0, 0.05) is 25.7 Å². The lowest BCUT2D eigenvalue weighted by molar-refractivity contribution is -0.0315. The summed E-state index contributed by atoms with van der Waals surface area (Å²) in [7, 11) is 4.19. The van der Waals surface area contributed by atoms with E-state index in [0.29, 0.717) is 12.1 Å². The molecule has 2 aliphatic heterocycles. The number of likely N-dealkylation sites (tertiary alicyclic amines) is 1. The molecule has 0 aromatic rings. The fourth-order valence-corrected chi connectivity index (χ4v) is 3.26. The summed E-state index contributed by atoms with van der Waals surface area (Å²) in [6, 6.07) is 0.474. The Balaban J connectivity index is 1.87. The first-order valence-corrected chi connectivity index (χ1v) is 7.10. The van der Waals surface area contributed by atoms with Gasteiger partial charge >= 0.3 is 0 Å². The van der Waals surface area contributed by atoms with Crippen molar-refractivity contribution in [3.05, 3.63) is 0 Å². The number of likely N-dealkylation sites (N-methyl/N-ethyl adjacent to an activating group) is 1. The first kappa shape index (κ1) is 14.3. The number of aliphatic hydroxyl groups excluding tert-OH is 1. The molecule has 4 nitrogen and oxygen atoms in total. The molecule has 0 bridgehead atoms. The zero-order valence-corrected chi connectivity index (χ0v) is 12.2. The number of aliphatic hydroxyl groups is 1. The summed E-state index contributed by atoms with van der Waals surface area (Å²) in [6.45, 7) is 7.14. The predicted octanol–water partition coefficient (Wildman–Crippen LogP) is 0.941. The molecule has 3 atom stereocenters. The van der Waals surface area contributed by atoms with Crippen LogP contribution in [-0.2, 0) is 4.74 Å². The summed E-state index contributed by atoms with van der Waals surface area (Å²) < 4.78 is 6.06. The molecule has 1 N–H and O–H groups in total. The number of rotatable bonds is 4. The van der Waals surface area contributed by atoms with Crippen LogP contribution >= 0.6 is 0 Å². The normalized spacial score (nSPS) is 36.7. The van der Waals surface area contributed by atoms with Gasteiger partial charge in [-0.15, -0.1) is 0 Å². The van der Waals surface area contributed by atoms with Crippen molar-refractivity contribution in [1.29, 1.82) is 0 Å². The molecule has 0 aliphatic carbocycles. The highest BCUT2D eigenvalue weighted by atomic mass is 16.5. The Bertz CT molecular complexity index is 281. The lowest BCUT2D eigenvalue weighted by Crippen LogP contribution is -2.42. The van der Waals surface area contributed by atoms with Crippen molar-refractivity contribution in [2.75, 3.05) is 33.7 Å². The first-order valence-electron chi connectivity index (χ1n) is 7.10. The topological polar surface area (TPSA) is 35.9 Å². The zero-order valence-electron chi connectivity index (χ0n) is 12.2. The SMILES string of the molecule is CN(C)CC1CC(O)CN1CC1CCC(C)(C)O1. The monoisotopic (exact) mass is 256 g/mol. The highest BCUT2D eigenvalue weighted by Gasteiger charge is 2.37. The van der Waals surface area contributed by atoms with Crippen LogP contribution in [0.5, 0.6) is 0 Å². The molecule has 0 aromatic carbocycles. The Morgan fingerprint density at radius 1 is 1.39 bits per heavy atom. The predicted molar refractivity (Wildman–Crippen MR) is 72.7 cm³/mol. The number of ether oxygens (including phenoxy) is 1. The molecule has 0 spiro atoms. The van der Waals surface area contributed by atoms with E-state index in [1.165, 1.54) is 0 Å². The van der Waals surface area contributed by atoms with E-state index in [4.69, 9.17) is 4.74 Å². The molecule has 0 amide bonds. The van der Waals surface area contributed by atoms with Crippen molar-refractivity contribution >= 4 is 0 Å². The minimum atomic E-state index is -0.163. The average Bonchev–Trinajstić information content (AvgIpc) is 2.70. The van der Waals surface area contributed by atoms with Gasteiger partial charge in [0.15, 0.2) is 0 Å². The second kappa shape index (κ2) is 5.45. The molecule has 106 valence electrons. The van der Waals surface area contributed by atoms with Gasteiger partial charge in [0.1, 0.15) is 0 Å². The Labute approximate surface area is 111 Å². The van der Waals surface area contributed by atoms with Crippen LogP contribution in [0.2, 0.25) is 0 Å². The second-order valence-electron chi connectivity index (χ2n) is 6.80. The molecule has 2 heterocycles. The number of β-amino-alcohol motifs (C(OH)–C–C–N with tert-alkyl or cyclic N) is 1. The van der Waals surface area contributed by atoms with Crippen LogP contribution in [0.4, 0.5) is 0 Å². The van der Waals surface area contributed by atoms with Gasteiger partial charge in [0.25, 0.3) is 0 Å². The van der Waals surface area contributed by atoms with E-state index in [2.05, 4.69) is 37.7 Å². The molecular formula is C14H28N2O2. The van der Waals surface area contributed by atoms with Crippen LogP contribution in [0.15, 0.2) is 0 Å². The lowest BCUT2D eigenvalue weighted by atomic mass is 10.1. The minimum Gasteiger partial charge on any atom is -0.392 e. The summed E-state index contributed by atoms with van der Waals surface area (Å²) >= 11 is 0. The summed E-state index contributed by atoms with van der Waals surface area (Å²) in [5.74, 6) is 0. The van der Waals surface area contributed by atoms with Crippen LogP contribution in [-0.4, -0.2) is 72.5 Å². The van der Waals surface area contributed by atoms with E-state index in [9.17, 15) is 5.11 Å². The average molecular weight is 256 g/mol. The minimum absolute atomic E-state index is 0.0417. The molecule has 0 aromatic heterocycles. The molecule has 4 heteroatoms. The van der Waals surface area contributed by atoms with E-state index in [1.807, 2.05) is 0 Å². The molecule has 2 aliphatic rings. The van der Waals surface area contributed by atoms with E-state index in [0.717, 1.165) is 38.9 Å². The van der Waals surface area contributed by atoms with Crippen molar-refractivity contribution in [2.45, 2.75) is 57.0 Å². The first-order chi connectivity index (χ1) is 8.35. The number of hydrogen-bond donors (Lipinski definition) is 1. The van der Waals surface area contributed by atoms with Crippen LogP contribution < -0.4 is 0 Å². The van der Waals surface area contributed by atoms with Crippen LogP contribution in [0.25, 0.3) is 0 Å². The maximum Gasteiger partial charge on any atom is 0.0710 e. The largest absolute Gasteiger partial charge is 0.392 e. The fraction of sp³-hybridized carbons (Fsp3) is 1.00. The van der Waals surface area contributed by atoms with Crippen LogP contribution in [0.1, 0.15) is 33.1 Å². The third kappa shape index (κ3) is 3.67. The number of nitrogens with zero attached hydrogens (tertiary/aromatic N) is 2. The van der Waals surface area contributed by atoms with Crippen LogP contribution in [0, 0.1) is 0 Å². The van der Waals surface area contributed by atoms with Gasteiger partial charge in [-0.05, 0) is 47.2 Å². The van der Waals surface area contributed by atoms with E-state index in [-0.39, 0.29) is 11.7 Å². The van der Waals surface area contributed by atoms with Gasteiger partial charge in [-0.2, -0.15) is 0 Å². The van der Waals surface area contributed by atoms with Crippen molar-refractivity contribution in [1.82, 2.24) is 9.80 Å². The third-order valence-corrected chi connectivity index (χ3v) is 4.07. The van der Waals surface area contributed by atoms with Crippen LogP contribution in [0.3, 0.4) is 0 Å². The summed E-state index contributed by atoms with van der Waals surface area (Å²) in [6.07, 6.45) is 3.37. The van der Waals surface area contributed by atoms with Gasteiger partial charge in [-0.3, -0.25) is 4.90 Å². The molecule has 0 radical (unpaired) electrons. The van der Waals surface area contributed by atoms with Crippen molar-refractivity contribution in [3.63, 3.8) is 0 Å². The maximum absolute atomic E-state index is 9.86. The second-order valence-corrected chi connectivity index (χ2v) is 6.80. The Hall–Kier alpha value is -0.160. The van der Waals surface area contributed by atoms with Gasteiger partial charge in [0.05, 0.1) is 17.8 Å². The fourth-order valence-electron chi connectivity index (χ4n) is 3.26. The summed E-state index contributed by atoms with van der Waals surface area (Å²) in [5, 5.41) is 9.86. The highest BCUT2D eigenvalue weighted by Crippen LogP contribution is 2.31. The third-order valence-electron chi connectivity index (χ3n) is 4.07. The van der Waals surface area contributed by atoms with Gasteiger partial charge in [0.2, 0.25) is 0 Å². The Kier molecular flexibility index (Phi) is 4.32. The molecule has 0 saturated carbocycles. The van der Waals surface area contributed by atoms with Gasteiger partial charge < -0.3 is 14.7 Å². The van der Waals surface area contributed by atoms with Gasteiger partial charge in [-0.25, -0.2) is 0 Å². The Morgan fingerprint density at radius 3 is 2.67 bits per heavy atom. The van der Waals surface area contributed by atoms with Crippen molar-refractivity contribution < 1.29 is 9.84 Å². The van der Waals surface area contributed by atoms with E-state index in [1.54, 1.807) is 0 Å². The van der Waals surface area contributed by atoms with E-state index >= 15 is 0 Å². The Morgan fingerprint density at radius 2 is 2.11 bits per heavy atom. The van der Waals surface area contributed by atoms with Gasteiger partial charge in [-0.1, -0.05) is 0 Å². The molecular weight excluding hydrogens is 228 g/mol. The lowest BCUT2D eigenvalue weighted by Gasteiger charge is -2.29. The highest BCUT2D eigenvalue weighted by molar-refractivity contribution is 4.90. The molecule has 2 fully saturated rings. The maximum atomic E-state index is 9.86.